The number of halogens is 4. The number of alkyl halides is 3. The Hall–Kier alpha value is -2.50. The maximum absolute atomic E-state index is 12.8. The molecular weight excluding hydrogens is 324 g/mol. The van der Waals surface area contributed by atoms with Gasteiger partial charge in [-0.25, -0.2) is 4.39 Å². The molecule has 0 radical (unpaired) electrons. The molecule has 24 heavy (non-hydrogen) atoms. The van der Waals surface area contributed by atoms with Crippen LogP contribution in [0.25, 0.3) is 0 Å². The van der Waals surface area contributed by atoms with E-state index in [1.165, 1.54) is 19.1 Å². The lowest BCUT2D eigenvalue weighted by Crippen LogP contribution is -2.16. The molecule has 2 aromatic rings. The first kappa shape index (κ1) is 17.8. The summed E-state index contributed by atoms with van der Waals surface area (Å²) in [4.78, 5) is 24.3. The van der Waals surface area contributed by atoms with Crippen LogP contribution in [0.4, 0.5) is 17.6 Å². The molecular formula is C18H14F4O2. The first-order valence-corrected chi connectivity index (χ1v) is 7.18. The Morgan fingerprint density at radius 2 is 1.42 bits per heavy atom. The number of carbonyl (C=O) groups is 2. The van der Waals surface area contributed by atoms with Gasteiger partial charge >= 0.3 is 6.18 Å². The van der Waals surface area contributed by atoms with E-state index in [4.69, 9.17) is 0 Å². The molecule has 0 heterocycles. The quantitative estimate of drug-likeness (QED) is 0.572. The molecule has 0 N–H and O–H groups in total. The van der Waals surface area contributed by atoms with Crippen molar-refractivity contribution in [1.82, 2.24) is 0 Å². The number of carbonyl (C=O) groups excluding carboxylic acids is 2. The van der Waals surface area contributed by atoms with Gasteiger partial charge in [0.15, 0.2) is 11.6 Å². The molecule has 0 aromatic heterocycles. The van der Waals surface area contributed by atoms with Crippen LogP contribution in [0.5, 0.6) is 0 Å². The first-order chi connectivity index (χ1) is 11.2. The van der Waals surface area contributed by atoms with Gasteiger partial charge < -0.3 is 0 Å². The molecule has 0 saturated carbocycles. The summed E-state index contributed by atoms with van der Waals surface area (Å²) in [7, 11) is 0. The van der Waals surface area contributed by atoms with Crippen molar-refractivity contribution in [3.63, 3.8) is 0 Å². The Morgan fingerprint density at radius 3 is 1.92 bits per heavy atom. The average molecular weight is 338 g/mol. The molecule has 1 unspecified atom stereocenters. The van der Waals surface area contributed by atoms with Crippen molar-refractivity contribution >= 4 is 11.6 Å². The molecule has 0 spiro atoms. The monoisotopic (exact) mass is 338 g/mol. The Labute approximate surface area is 136 Å². The Morgan fingerprint density at radius 1 is 0.917 bits per heavy atom. The SMILES string of the molecule is CC(CC(=O)c1ccc(F)cc1)C(=O)c1ccc(C(F)(F)F)cc1. The van der Waals surface area contributed by atoms with E-state index in [0.717, 1.165) is 36.4 Å². The van der Waals surface area contributed by atoms with Gasteiger partial charge in [0.25, 0.3) is 0 Å². The molecule has 0 bridgehead atoms. The van der Waals surface area contributed by atoms with E-state index < -0.39 is 29.3 Å². The largest absolute Gasteiger partial charge is 0.416 e. The van der Waals surface area contributed by atoms with Crippen LogP contribution in [-0.2, 0) is 6.18 Å². The predicted molar refractivity (Wildman–Crippen MR) is 80.3 cm³/mol. The fourth-order valence-electron chi connectivity index (χ4n) is 2.23. The predicted octanol–water partition coefficient (Wildman–Crippen LogP) is 4.94. The van der Waals surface area contributed by atoms with Crippen molar-refractivity contribution in [3.8, 4) is 0 Å². The highest BCUT2D eigenvalue weighted by molar-refractivity contribution is 6.03. The minimum atomic E-state index is -4.47. The van der Waals surface area contributed by atoms with Crippen LogP contribution in [-0.4, -0.2) is 11.6 Å². The van der Waals surface area contributed by atoms with Crippen molar-refractivity contribution in [2.24, 2.45) is 5.92 Å². The highest BCUT2D eigenvalue weighted by Crippen LogP contribution is 2.29. The summed E-state index contributed by atoms with van der Waals surface area (Å²) in [5.74, 6) is -1.92. The summed E-state index contributed by atoms with van der Waals surface area (Å²) < 4.78 is 50.4. The third-order valence-electron chi connectivity index (χ3n) is 3.60. The van der Waals surface area contributed by atoms with E-state index >= 15 is 0 Å². The summed E-state index contributed by atoms with van der Waals surface area (Å²) in [6.07, 6.45) is -4.57. The number of benzene rings is 2. The lowest BCUT2D eigenvalue weighted by molar-refractivity contribution is -0.137. The van der Waals surface area contributed by atoms with Crippen LogP contribution in [0.3, 0.4) is 0 Å². The fraction of sp³-hybridized carbons (Fsp3) is 0.222. The highest BCUT2D eigenvalue weighted by Gasteiger charge is 2.30. The van der Waals surface area contributed by atoms with Crippen molar-refractivity contribution in [2.45, 2.75) is 19.5 Å². The van der Waals surface area contributed by atoms with Crippen molar-refractivity contribution in [3.05, 3.63) is 71.0 Å². The summed E-state index contributed by atoms with van der Waals surface area (Å²) >= 11 is 0. The maximum atomic E-state index is 12.8. The van der Waals surface area contributed by atoms with Crippen LogP contribution in [0.15, 0.2) is 48.5 Å². The van der Waals surface area contributed by atoms with E-state index in [1.807, 2.05) is 0 Å². The molecule has 2 aromatic carbocycles. The van der Waals surface area contributed by atoms with Crippen molar-refractivity contribution in [1.29, 1.82) is 0 Å². The van der Waals surface area contributed by atoms with Gasteiger partial charge in [0.05, 0.1) is 5.56 Å². The zero-order valence-electron chi connectivity index (χ0n) is 12.7. The third kappa shape index (κ3) is 4.28. The average Bonchev–Trinajstić information content (AvgIpc) is 2.54. The van der Waals surface area contributed by atoms with E-state index in [1.54, 1.807) is 0 Å². The third-order valence-corrected chi connectivity index (χ3v) is 3.60. The molecule has 0 saturated heterocycles. The Bertz CT molecular complexity index is 731. The lowest BCUT2D eigenvalue weighted by atomic mass is 9.92. The number of hydrogen-bond donors (Lipinski definition) is 0. The molecule has 0 aliphatic heterocycles. The lowest BCUT2D eigenvalue weighted by Gasteiger charge is -2.11. The number of rotatable bonds is 5. The molecule has 1 atom stereocenters. The Kier molecular flexibility index (Phi) is 5.17. The topological polar surface area (TPSA) is 34.1 Å². The zero-order valence-corrected chi connectivity index (χ0v) is 12.7. The van der Waals surface area contributed by atoms with Gasteiger partial charge in [-0.2, -0.15) is 13.2 Å². The van der Waals surface area contributed by atoms with Gasteiger partial charge in [-0.05, 0) is 36.4 Å². The van der Waals surface area contributed by atoms with Crippen molar-refractivity contribution in [2.75, 3.05) is 0 Å². The second-order valence-corrected chi connectivity index (χ2v) is 5.47. The molecule has 0 aliphatic carbocycles. The maximum Gasteiger partial charge on any atom is 0.416 e. The van der Waals surface area contributed by atoms with Gasteiger partial charge in [-0.3, -0.25) is 9.59 Å². The number of ketones is 2. The van der Waals surface area contributed by atoms with E-state index in [0.29, 0.717) is 0 Å². The van der Waals surface area contributed by atoms with Gasteiger partial charge in [-0.15, -0.1) is 0 Å². The zero-order chi connectivity index (χ0) is 17.9. The standard InChI is InChI=1S/C18H14F4O2/c1-11(10-16(23)12-4-8-15(19)9-5-12)17(24)13-2-6-14(7-3-13)18(20,21)22/h2-9,11H,10H2,1H3. The van der Waals surface area contributed by atoms with Crippen LogP contribution in [0.1, 0.15) is 39.6 Å². The van der Waals surface area contributed by atoms with Gasteiger partial charge in [-0.1, -0.05) is 19.1 Å². The highest BCUT2D eigenvalue weighted by atomic mass is 19.4. The summed E-state index contributed by atoms with van der Waals surface area (Å²) in [5.41, 5.74) is -0.444. The van der Waals surface area contributed by atoms with E-state index in [9.17, 15) is 27.2 Å². The second kappa shape index (κ2) is 6.95. The molecule has 0 amide bonds. The molecule has 0 fully saturated rings. The van der Waals surface area contributed by atoms with Crippen LogP contribution in [0, 0.1) is 11.7 Å². The smallest absolute Gasteiger partial charge is 0.294 e. The second-order valence-electron chi connectivity index (χ2n) is 5.47. The number of hydrogen-bond acceptors (Lipinski definition) is 2. The number of Topliss-reactive ketones (excluding diaryl/α,β-unsaturated/α-hetero) is 2. The van der Waals surface area contributed by atoms with Crippen LogP contribution >= 0.6 is 0 Å². The molecule has 0 aliphatic rings. The van der Waals surface area contributed by atoms with Gasteiger partial charge in [0.2, 0.25) is 0 Å². The summed E-state index contributed by atoms with van der Waals surface area (Å²) in [6, 6.07) is 8.82. The minimum absolute atomic E-state index is 0.106. The van der Waals surface area contributed by atoms with E-state index in [2.05, 4.69) is 0 Å². The molecule has 126 valence electrons. The normalized spacial score (nSPS) is 12.7. The summed E-state index contributed by atoms with van der Waals surface area (Å²) in [5, 5.41) is 0. The first-order valence-electron chi connectivity index (χ1n) is 7.18. The molecule has 6 heteroatoms. The molecule has 2 nitrogen and oxygen atoms in total. The van der Waals surface area contributed by atoms with Crippen molar-refractivity contribution < 1.29 is 27.2 Å². The summed E-state index contributed by atoms with van der Waals surface area (Å²) in [6.45, 7) is 1.53. The van der Waals surface area contributed by atoms with Gasteiger partial charge in [0.1, 0.15) is 5.82 Å². The Balaban J connectivity index is 2.06. The van der Waals surface area contributed by atoms with E-state index in [-0.39, 0.29) is 23.3 Å². The van der Waals surface area contributed by atoms with Crippen LogP contribution < -0.4 is 0 Å². The van der Waals surface area contributed by atoms with Gasteiger partial charge in [0, 0.05) is 23.5 Å². The van der Waals surface area contributed by atoms with Crippen LogP contribution in [0.2, 0.25) is 0 Å². The minimum Gasteiger partial charge on any atom is -0.294 e. The fourth-order valence-corrected chi connectivity index (χ4v) is 2.23. The molecule has 2 rings (SSSR count).